The maximum atomic E-state index is 10.8. The van der Waals surface area contributed by atoms with Gasteiger partial charge in [-0.05, 0) is 48.9 Å². The van der Waals surface area contributed by atoms with Crippen molar-refractivity contribution in [1.29, 1.82) is 0 Å². The number of rotatable bonds is 6. The highest BCUT2D eigenvalue weighted by atomic mass is 16.5. The van der Waals surface area contributed by atoms with Gasteiger partial charge >= 0.3 is 0 Å². The van der Waals surface area contributed by atoms with E-state index in [4.69, 9.17) is 4.74 Å². The van der Waals surface area contributed by atoms with E-state index >= 15 is 0 Å². The van der Waals surface area contributed by atoms with Gasteiger partial charge in [-0.25, -0.2) is 15.0 Å². The van der Waals surface area contributed by atoms with Crippen LogP contribution in [0.5, 0.6) is 11.6 Å². The number of aryl methyl sites for hydroxylation is 1. The first-order valence-corrected chi connectivity index (χ1v) is 9.35. The molecule has 5 rings (SSSR count). The Hall–Kier alpha value is -4.60. The third-order valence-electron chi connectivity index (χ3n) is 4.68. The van der Waals surface area contributed by atoms with Crippen LogP contribution in [0.3, 0.4) is 0 Å². The van der Waals surface area contributed by atoms with Gasteiger partial charge in [0, 0.05) is 22.8 Å². The Balaban J connectivity index is 1.41. The molecule has 3 aromatic heterocycles. The van der Waals surface area contributed by atoms with Crippen molar-refractivity contribution < 1.29 is 9.53 Å². The molecule has 0 aliphatic heterocycles. The van der Waals surface area contributed by atoms with Crippen LogP contribution in [0, 0.1) is 6.92 Å². The summed E-state index contributed by atoms with van der Waals surface area (Å²) in [5, 5.41) is 14.6. The maximum Gasteiger partial charge on any atom is 0.224 e. The average molecular weight is 412 g/mol. The van der Waals surface area contributed by atoms with Crippen molar-refractivity contribution in [3.05, 3.63) is 67.0 Å². The average Bonchev–Trinajstić information content (AvgIpc) is 3.24. The molecular formula is C21H16N8O2. The third kappa shape index (κ3) is 3.69. The molecule has 2 aromatic carbocycles. The zero-order chi connectivity index (χ0) is 21.2. The molecule has 3 heterocycles. The molecule has 0 atom stereocenters. The summed E-state index contributed by atoms with van der Waals surface area (Å²) in [5.41, 5.74) is 3.83. The molecule has 0 aliphatic carbocycles. The summed E-state index contributed by atoms with van der Waals surface area (Å²) >= 11 is 0. The molecule has 1 amide bonds. The summed E-state index contributed by atoms with van der Waals surface area (Å²) < 4.78 is 7.62. The molecule has 31 heavy (non-hydrogen) atoms. The molecule has 0 spiro atoms. The highest BCUT2D eigenvalue weighted by molar-refractivity contribution is 5.94. The molecule has 0 aliphatic rings. The van der Waals surface area contributed by atoms with Crippen LogP contribution in [0.4, 0.5) is 17.2 Å². The summed E-state index contributed by atoms with van der Waals surface area (Å²) in [7, 11) is 0. The molecule has 0 saturated carbocycles. The number of hydrogen-bond donors (Lipinski definition) is 2. The van der Waals surface area contributed by atoms with Gasteiger partial charge in [-0.1, -0.05) is 0 Å². The molecule has 0 bridgehead atoms. The van der Waals surface area contributed by atoms with Gasteiger partial charge < -0.3 is 15.4 Å². The standard InChI is InChI=1S/C21H16N8O2/c1-13-6-15(3-5-18(13)31-20-8-19-28-26-11-29(19)10-24-20)27-21-16-7-14(25-12-30)2-4-17(16)22-9-23-21/h2-12H,1H3,(H,25,30)(H,22,23,27). The van der Waals surface area contributed by atoms with Crippen LogP contribution in [-0.4, -0.2) is 36.0 Å². The number of carbonyl (C=O) groups excluding carboxylic acids is 1. The number of nitrogens with one attached hydrogen (secondary N) is 2. The van der Waals surface area contributed by atoms with E-state index in [0.717, 1.165) is 22.2 Å². The van der Waals surface area contributed by atoms with Gasteiger partial charge in [0.2, 0.25) is 12.3 Å². The fourth-order valence-electron chi connectivity index (χ4n) is 3.17. The third-order valence-corrected chi connectivity index (χ3v) is 4.68. The number of anilines is 3. The number of amides is 1. The molecule has 0 unspecified atom stereocenters. The Morgan fingerprint density at radius 2 is 1.90 bits per heavy atom. The van der Waals surface area contributed by atoms with E-state index in [9.17, 15) is 4.79 Å². The summed E-state index contributed by atoms with van der Waals surface area (Å²) in [5.74, 6) is 1.74. The topological polar surface area (TPSA) is 119 Å². The lowest BCUT2D eigenvalue weighted by atomic mass is 10.1. The fraction of sp³-hybridized carbons (Fsp3) is 0.0476. The Morgan fingerprint density at radius 1 is 1.00 bits per heavy atom. The molecule has 2 N–H and O–H groups in total. The minimum Gasteiger partial charge on any atom is -0.439 e. The first-order chi connectivity index (χ1) is 15.2. The first kappa shape index (κ1) is 18.4. The van der Waals surface area contributed by atoms with Crippen LogP contribution in [0.1, 0.15) is 5.56 Å². The molecule has 0 radical (unpaired) electrons. The first-order valence-electron chi connectivity index (χ1n) is 9.35. The number of nitrogens with zero attached hydrogens (tertiary/aromatic N) is 6. The number of benzene rings is 2. The van der Waals surface area contributed by atoms with Gasteiger partial charge in [0.1, 0.15) is 30.5 Å². The Kier molecular flexibility index (Phi) is 4.56. The predicted molar refractivity (Wildman–Crippen MR) is 115 cm³/mol. The Bertz CT molecular complexity index is 1420. The second-order valence-electron chi connectivity index (χ2n) is 6.75. The summed E-state index contributed by atoms with van der Waals surface area (Å²) in [6.07, 6.45) is 5.31. The highest BCUT2D eigenvalue weighted by Gasteiger charge is 2.09. The van der Waals surface area contributed by atoms with E-state index in [1.807, 2.05) is 37.3 Å². The van der Waals surface area contributed by atoms with Crippen LogP contribution in [0.25, 0.3) is 16.6 Å². The van der Waals surface area contributed by atoms with Crippen molar-refractivity contribution in [3.8, 4) is 11.6 Å². The molecule has 0 saturated heterocycles. The molecular weight excluding hydrogens is 396 g/mol. The van der Waals surface area contributed by atoms with Crippen molar-refractivity contribution in [2.75, 3.05) is 10.6 Å². The minimum absolute atomic E-state index is 0.432. The van der Waals surface area contributed by atoms with Crippen LogP contribution in [-0.2, 0) is 4.79 Å². The molecule has 152 valence electrons. The smallest absolute Gasteiger partial charge is 0.224 e. The van der Waals surface area contributed by atoms with E-state index in [0.29, 0.717) is 35.2 Å². The number of aromatic nitrogens is 6. The van der Waals surface area contributed by atoms with Gasteiger partial charge in [-0.3, -0.25) is 9.20 Å². The summed E-state index contributed by atoms with van der Waals surface area (Å²) in [6, 6.07) is 12.9. The lowest BCUT2D eigenvalue weighted by Gasteiger charge is -2.12. The van der Waals surface area contributed by atoms with E-state index < -0.39 is 0 Å². The van der Waals surface area contributed by atoms with Gasteiger partial charge in [0.25, 0.3) is 0 Å². The van der Waals surface area contributed by atoms with E-state index in [1.165, 1.54) is 6.33 Å². The summed E-state index contributed by atoms with van der Waals surface area (Å²) in [6.45, 7) is 1.94. The van der Waals surface area contributed by atoms with E-state index in [-0.39, 0.29) is 0 Å². The van der Waals surface area contributed by atoms with Crippen LogP contribution >= 0.6 is 0 Å². The van der Waals surface area contributed by atoms with Crippen LogP contribution < -0.4 is 15.4 Å². The maximum absolute atomic E-state index is 10.8. The van der Waals surface area contributed by atoms with Crippen molar-refractivity contribution in [1.82, 2.24) is 29.5 Å². The number of carbonyl (C=O) groups is 1. The van der Waals surface area contributed by atoms with Crippen molar-refractivity contribution in [3.63, 3.8) is 0 Å². The molecule has 10 nitrogen and oxygen atoms in total. The second-order valence-corrected chi connectivity index (χ2v) is 6.75. The molecule has 0 fully saturated rings. The van der Waals surface area contributed by atoms with E-state index in [1.54, 1.807) is 29.2 Å². The fourth-order valence-corrected chi connectivity index (χ4v) is 3.17. The highest BCUT2D eigenvalue weighted by Crippen LogP contribution is 2.30. The largest absolute Gasteiger partial charge is 0.439 e. The van der Waals surface area contributed by atoms with Crippen LogP contribution in [0.2, 0.25) is 0 Å². The molecule has 10 heteroatoms. The normalized spacial score (nSPS) is 10.9. The number of hydrogen-bond acceptors (Lipinski definition) is 8. The van der Waals surface area contributed by atoms with Gasteiger partial charge in [-0.2, -0.15) is 0 Å². The predicted octanol–water partition coefficient (Wildman–Crippen LogP) is 3.48. The lowest BCUT2D eigenvalue weighted by Crippen LogP contribution is -1.99. The van der Waals surface area contributed by atoms with Crippen molar-refractivity contribution in [2.45, 2.75) is 6.92 Å². The van der Waals surface area contributed by atoms with Gasteiger partial charge in [0.05, 0.1) is 5.52 Å². The monoisotopic (exact) mass is 412 g/mol. The lowest BCUT2D eigenvalue weighted by molar-refractivity contribution is -0.105. The van der Waals surface area contributed by atoms with Crippen molar-refractivity contribution >= 4 is 40.2 Å². The summed E-state index contributed by atoms with van der Waals surface area (Å²) in [4.78, 5) is 23.6. The van der Waals surface area contributed by atoms with E-state index in [2.05, 4.69) is 35.8 Å². The quantitative estimate of drug-likeness (QED) is 0.407. The number of ether oxygens (including phenoxy) is 1. The van der Waals surface area contributed by atoms with Crippen LogP contribution in [0.15, 0.2) is 61.4 Å². The Morgan fingerprint density at radius 3 is 2.77 bits per heavy atom. The zero-order valence-electron chi connectivity index (χ0n) is 16.4. The number of fused-ring (bicyclic) bond motifs is 2. The van der Waals surface area contributed by atoms with Gasteiger partial charge in [-0.15, -0.1) is 10.2 Å². The SMILES string of the molecule is Cc1cc(Nc2ncnc3ccc(NC=O)cc23)ccc1Oc1cc2nncn2cn1. The van der Waals surface area contributed by atoms with Crippen molar-refractivity contribution in [2.24, 2.45) is 0 Å². The van der Waals surface area contributed by atoms with Gasteiger partial charge in [0.15, 0.2) is 5.65 Å². The minimum atomic E-state index is 0.432. The zero-order valence-corrected chi connectivity index (χ0v) is 16.4. The molecule has 5 aromatic rings. The second kappa shape index (κ2) is 7.67. The Labute approximate surface area is 176 Å².